The fraction of sp³-hybridized carbons (Fsp3) is 0.316. The van der Waals surface area contributed by atoms with Crippen LogP contribution in [0, 0.1) is 0 Å². The van der Waals surface area contributed by atoms with Gasteiger partial charge in [-0.15, -0.1) is 0 Å². The lowest BCUT2D eigenvalue weighted by Gasteiger charge is -2.13. The van der Waals surface area contributed by atoms with Gasteiger partial charge in [-0.05, 0) is 49.1 Å². The summed E-state index contributed by atoms with van der Waals surface area (Å²) in [6, 6.07) is 16.1. The zero-order valence-corrected chi connectivity index (χ0v) is 13.5. The highest BCUT2D eigenvalue weighted by atomic mass is 19.1. The minimum atomic E-state index is -0.971. The van der Waals surface area contributed by atoms with Crippen LogP contribution in [0.4, 0.5) is 4.39 Å². The highest BCUT2D eigenvalue weighted by molar-refractivity contribution is 5.77. The molecule has 2 aromatic carbocycles. The maximum atomic E-state index is 12.2. The van der Waals surface area contributed by atoms with E-state index in [-0.39, 0.29) is 6.04 Å². The molecule has 23 heavy (non-hydrogen) atoms. The predicted molar refractivity (Wildman–Crippen MR) is 90.3 cm³/mol. The molecule has 4 heteroatoms. The van der Waals surface area contributed by atoms with Gasteiger partial charge in [0, 0.05) is 6.04 Å². The Morgan fingerprint density at radius 2 is 1.65 bits per heavy atom. The number of nitrogens with one attached hydrogen (secondary N) is 1. The summed E-state index contributed by atoms with van der Waals surface area (Å²) >= 11 is 0. The monoisotopic (exact) mass is 315 g/mol. The van der Waals surface area contributed by atoms with E-state index in [1.807, 2.05) is 50.2 Å². The molecule has 1 amide bonds. The Balaban J connectivity index is 2.00. The molecular formula is C19H22FNO2. The molecule has 0 aliphatic carbocycles. The van der Waals surface area contributed by atoms with Gasteiger partial charge in [-0.2, -0.15) is 0 Å². The number of hydrogen-bond donors (Lipinski definition) is 1. The molecule has 0 aliphatic rings. The van der Waals surface area contributed by atoms with E-state index in [9.17, 15) is 9.18 Å². The molecule has 0 saturated heterocycles. The largest absolute Gasteiger partial charge is 0.494 e. The van der Waals surface area contributed by atoms with Gasteiger partial charge < -0.3 is 10.1 Å². The number of benzene rings is 2. The molecule has 1 atom stereocenters. The molecule has 2 rings (SSSR count). The van der Waals surface area contributed by atoms with Gasteiger partial charge in [-0.3, -0.25) is 4.79 Å². The number of rotatable bonds is 7. The standard InChI is InChI=1S/C19H22FNO2/c1-3-23-18-10-8-17(9-11-18)16-6-4-15(5-7-16)12-14(2)21-19(22)13-20/h4-11,14H,3,12-13H2,1-2H3,(H,21,22). The number of hydrogen-bond acceptors (Lipinski definition) is 2. The number of halogens is 1. The highest BCUT2D eigenvalue weighted by Crippen LogP contribution is 2.23. The van der Waals surface area contributed by atoms with Crippen LogP contribution in [0.25, 0.3) is 11.1 Å². The van der Waals surface area contributed by atoms with Gasteiger partial charge in [0.15, 0.2) is 6.67 Å². The lowest BCUT2D eigenvalue weighted by molar-refractivity contribution is -0.122. The Morgan fingerprint density at radius 1 is 1.09 bits per heavy atom. The van der Waals surface area contributed by atoms with Crippen LogP contribution in [-0.2, 0) is 11.2 Å². The average Bonchev–Trinajstić information content (AvgIpc) is 2.56. The third kappa shape index (κ3) is 5.09. The minimum absolute atomic E-state index is 0.0884. The fourth-order valence-electron chi connectivity index (χ4n) is 2.46. The summed E-state index contributed by atoms with van der Waals surface area (Å²) in [5.41, 5.74) is 3.35. The molecule has 0 heterocycles. The Kier molecular flexibility index (Phi) is 6.15. The Labute approximate surface area is 136 Å². The Hall–Kier alpha value is -2.36. The zero-order valence-electron chi connectivity index (χ0n) is 13.5. The van der Waals surface area contributed by atoms with Crippen molar-refractivity contribution in [3.05, 3.63) is 54.1 Å². The molecular weight excluding hydrogens is 293 g/mol. The summed E-state index contributed by atoms with van der Waals surface area (Å²) in [4.78, 5) is 11.0. The van der Waals surface area contributed by atoms with E-state index >= 15 is 0 Å². The van der Waals surface area contributed by atoms with Crippen LogP contribution < -0.4 is 10.1 Å². The second-order valence-electron chi connectivity index (χ2n) is 5.46. The average molecular weight is 315 g/mol. The van der Waals surface area contributed by atoms with Crippen molar-refractivity contribution in [2.24, 2.45) is 0 Å². The van der Waals surface area contributed by atoms with E-state index in [2.05, 4.69) is 17.4 Å². The molecule has 0 radical (unpaired) electrons. The van der Waals surface area contributed by atoms with Crippen molar-refractivity contribution in [2.45, 2.75) is 26.3 Å². The van der Waals surface area contributed by atoms with Crippen molar-refractivity contribution in [1.82, 2.24) is 5.32 Å². The van der Waals surface area contributed by atoms with Crippen LogP contribution in [0.5, 0.6) is 5.75 Å². The fourth-order valence-corrected chi connectivity index (χ4v) is 2.46. The predicted octanol–water partition coefficient (Wildman–Crippen LogP) is 3.77. The van der Waals surface area contributed by atoms with Crippen LogP contribution in [0.1, 0.15) is 19.4 Å². The number of carbonyl (C=O) groups is 1. The van der Waals surface area contributed by atoms with Crippen molar-refractivity contribution in [1.29, 1.82) is 0 Å². The van der Waals surface area contributed by atoms with E-state index in [1.165, 1.54) is 0 Å². The van der Waals surface area contributed by atoms with Gasteiger partial charge in [0.25, 0.3) is 5.91 Å². The van der Waals surface area contributed by atoms with Crippen molar-refractivity contribution >= 4 is 5.91 Å². The first-order valence-electron chi connectivity index (χ1n) is 7.80. The van der Waals surface area contributed by atoms with Gasteiger partial charge in [-0.1, -0.05) is 36.4 Å². The van der Waals surface area contributed by atoms with Crippen LogP contribution in [0.15, 0.2) is 48.5 Å². The van der Waals surface area contributed by atoms with E-state index in [4.69, 9.17) is 4.74 Å². The normalized spacial score (nSPS) is 11.8. The maximum Gasteiger partial charge on any atom is 0.251 e. The zero-order chi connectivity index (χ0) is 16.7. The second-order valence-corrected chi connectivity index (χ2v) is 5.46. The molecule has 0 fully saturated rings. The lowest BCUT2D eigenvalue weighted by Crippen LogP contribution is -2.34. The number of amides is 1. The van der Waals surface area contributed by atoms with Crippen molar-refractivity contribution in [2.75, 3.05) is 13.3 Å². The minimum Gasteiger partial charge on any atom is -0.494 e. The summed E-state index contributed by atoms with van der Waals surface area (Å²) in [6.07, 6.45) is 0.676. The first kappa shape index (κ1) is 17.0. The highest BCUT2D eigenvalue weighted by Gasteiger charge is 2.08. The number of alkyl halides is 1. The third-order valence-corrected chi connectivity index (χ3v) is 3.52. The summed E-state index contributed by atoms with van der Waals surface area (Å²) < 4.78 is 17.6. The molecule has 0 saturated carbocycles. The van der Waals surface area contributed by atoms with Crippen LogP contribution in [0.2, 0.25) is 0 Å². The first-order chi connectivity index (χ1) is 11.1. The van der Waals surface area contributed by atoms with E-state index in [1.54, 1.807) is 0 Å². The van der Waals surface area contributed by atoms with Gasteiger partial charge in [0.05, 0.1) is 6.61 Å². The molecule has 0 aromatic heterocycles. The van der Waals surface area contributed by atoms with E-state index in [0.29, 0.717) is 13.0 Å². The quantitative estimate of drug-likeness (QED) is 0.844. The molecule has 2 aromatic rings. The Morgan fingerprint density at radius 3 is 2.17 bits per heavy atom. The molecule has 1 N–H and O–H groups in total. The lowest BCUT2D eigenvalue weighted by atomic mass is 10.0. The summed E-state index contributed by atoms with van der Waals surface area (Å²) in [7, 11) is 0. The molecule has 0 spiro atoms. The smallest absolute Gasteiger partial charge is 0.251 e. The summed E-state index contributed by atoms with van der Waals surface area (Å²) in [5.74, 6) is 0.300. The van der Waals surface area contributed by atoms with Gasteiger partial charge in [0.1, 0.15) is 5.75 Å². The van der Waals surface area contributed by atoms with Crippen molar-refractivity contribution < 1.29 is 13.9 Å². The molecule has 1 unspecified atom stereocenters. The first-order valence-corrected chi connectivity index (χ1v) is 7.80. The van der Waals surface area contributed by atoms with E-state index < -0.39 is 12.6 Å². The van der Waals surface area contributed by atoms with Gasteiger partial charge >= 0.3 is 0 Å². The second kappa shape index (κ2) is 8.32. The third-order valence-electron chi connectivity index (χ3n) is 3.52. The number of carbonyl (C=O) groups excluding carboxylic acids is 1. The van der Waals surface area contributed by atoms with E-state index in [0.717, 1.165) is 22.4 Å². The van der Waals surface area contributed by atoms with Crippen LogP contribution in [0.3, 0.4) is 0 Å². The van der Waals surface area contributed by atoms with Crippen molar-refractivity contribution in [3.63, 3.8) is 0 Å². The topological polar surface area (TPSA) is 38.3 Å². The SMILES string of the molecule is CCOc1ccc(-c2ccc(CC(C)NC(=O)CF)cc2)cc1. The molecule has 0 aliphatic heterocycles. The van der Waals surface area contributed by atoms with Crippen LogP contribution in [-0.4, -0.2) is 25.2 Å². The van der Waals surface area contributed by atoms with Gasteiger partial charge in [0.2, 0.25) is 0 Å². The summed E-state index contributed by atoms with van der Waals surface area (Å²) in [6.45, 7) is 3.52. The molecule has 3 nitrogen and oxygen atoms in total. The molecule has 122 valence electrons. The molecule has 0 bridgehead atoms. The number of ether oxygens (including phenoxy) is 1. The maximum absolute atomic E-state index is 12.2. The van der Waals surface area contributed by atoms with Crippen LogP contribution >= 0.6 is 0 Å². The van der Waals surface area contributed by atoms with Crippen molar-refractivity contribution in [3.8, 4) is 16.9 Å². The Bertz CT molecular complexity index is 623. The van der Waals surface area contributed by atoms with Gasteiger partial charge in [-0.25, -0.2) is 4.39 Å². The summed E-state index contributed by atoms with van der Waals surface area (Å²) in [5, 5.41) is 2.61.